The molecule has 5 aliphatic carbocycles. The Balaban J connectivity index is 0.00000289. The predicted octanol–water partition coefficient (Wildman–Crippen LogP) is 2.08. The van der Waals surface area contributed by atoms with Crippen LogP contribution >= 0.6 is 0 Å². The Kier molecular flexibility index (Phi) is 6.50. The Hall–Kier alpha value is -0.160. The standard InChI is InChI=1S/C30H46O4.Na/c1-25(2)21-8-11-30(7)23(28(21,5)10-9-22(25)32)20(31)16-18-19-17-27(4,24(33)34)13-12-26(19,3)14-15-29(18,30)6;/h16,19,21-23,32H,8-15,17H2,1-7H3,(H,33,34);/q;+1/p-1/t19-,21?,22-,23?,26+,27-,28-,29+,30+;/m0./s1. The fraction of sp³-hybridized carbons (Fsp3) is 0.867. The molecule has 0 amide bonds. The first-order valence-electron chi connectivity index (χ1n) is 13.7. The van der Waals surface area contributed by atoms with Gasteiger partial charge in [0.15, 0.2) is 5.78 Å². The Morgan fingerprint density at radius 2 is 1.57 bits per heavy atom. The van der Waals surface area contributed by atoms with Gasteiger partial charge in [-0.3, -0.25) is 4.79 Å². The van der Waals surface area contributed by atoms with Crippen LogP contribution in [0.15, 0.2) is 11.6 Å². The number of carbonyl (C=O) groups excluding carboxylic acids is 2. The summed E-state index contributed by atoms with van der Waals surface area (Å²) in [7, 11) is 0. The Morgan fingerprint density at radius 3 is 2.20 bits per heavy atom. The monoisotopic (exact) mass is 492 g/mol. The fourth-order valence-electron chi connectivity index (χ4n) is 10.4. The molecule has 4 saturated carbocycles. The number of hydrogen-bond acceptors (Lipinski definition) is 4. The van der Waals surface area contributed by atoms with Crippen molar-refractivity contribution >= 4 is 11.8 Å². The number of hydrogen-bond donors (Lipinski definition) is 1. The molecular formula is C30H45NaO4. The van der Waals surface area contributed by atoms with Crippen molar-refractivity contribution in [1.82, 2.24) is 0 Å². The van der Waals surface area contributed by atoms with E-state index in [1.54, 1.807) is 0 Å². The van der Waals surface area contributed by atoms with E-state index in [9.17, 15) is 19.8 Å². The van der Waals surface area contributed by atoms with Crippen LogP contribution < -0.4 is 34.7 Å². The van der Waals surface area contributed by atoms with Gasteiger partial charge in [-0.1, -0.05) is 54.0 Å². The van der Waals surface area contributed by atoms with Gasteiger partial charge >= 0.3 is 29.6 Å². The van der Waals surface area contributed by atoms with Crippen molar-refractivity contribution in [2.75, 3.05) is 0 Å². The van der Waals surface area contributed by atoms with E-state index in [0.717, 1.165) is 44.9 Å². The number of aliphatic carboxylic acids is 1. The van der Waals surface area contributed by atoms with Crippen LogP contribution in [-0.4, -0.2) is 23.0 Å². The smallest absolute Gasteiger partial charge is 0.550 e. The molecule has 0 heterocycles. The van der Waals surface area contributed by atoms with Crippen LogP contribution in [0.25, 0.3) is 0 Å². The minimum absolute atomic E-state index is 0. The van der Waals surface area contributed by atoms with Gasteiger partial charge in [0.05, 0.1) is 6.10 Å². The third-order valence-corrected chi connectivity index (χ3v) is 13.0. The van der Waals surface area contributed by atoms with Crippen molar-refractivity contribution in [3.63, 3.8) is 0 Å². The number of aliphatic hydroxyl groups excluding tert-OH is 1. The SMILES string of the molecule is CC1(C)C2CC[C@]3(C)C(C(=O)C=C4[C@@H]5C[C@@](C)(C(=O)[O-])CC[C@]5(C)CC[C@]43C)[C@@]2(C)CC[C@@H]1O.[Na+]. The van der Waals surface area contributed by atoms with Gasteiger partial charge in [0, 0.05) is 17.3 Å². The summed E-state index contributed by atoms with van der Waals surface area (Å²) in [4.78, 5) is 26.3. The number of allylic oxidation sites excluding steroid dienone is 2. The minimum Gasteiger partial charge on any atom is -0.550 e. The van der Waals surface area contributed by atoms with Crippen LogP contribution in [0.3, 0.4) is 0 Å². The maximum absolute atomic E-state index is 14.2. The summed E-state index contributed by atoms with van der Waals surface area (Å²) in [6.45, 7) is 15.7. The second kappa shape index (κ2) is 8.17. The van der Waals surface area contributed by atoms with Gasteiger partial charge in [-0.15, -0.1) is 0 Å². The van der Waals surface area contributed by atoms with Crippen molar-refractivity contribution in [3.05, 3.63) is 11.6 Å². The Labute approximate surface area is 234 Å². The number of carbonyl (C=O) groups is 2. The van der Waals surface area contributed by atoms with E-state index in [1.165, 1.54) is 5.57 Å². The predicted molar refractivity (Wildman–Crippen MR) is 130 cm³/mol. The normalized spacial score (nSPS) is 52.6. The molecule has 0 spiro atoms. The molecular weight excluding hydrogens is 447 g/mol. The first kappa shape index (κ1) is 27.9. The van der Waals surface area contributed by atoms with E-state index in [2.05, 4.69) is 41.5 Å². The molecule has 5 aliphatic rings. The molecule has 1 N–H and O–H groups in total. The zero-order valence-corrected chi connectivity index (χ0v) is 25.4. The van der Waals surface area contributed by atoms with Gasteiger partial charge in [0.25, 0.3) is 0 Å². The largest absolute Gasteiger partial charge is 1.00 e. The van der Waals surface area contributed by atoms with Crippen molar-refractivity contribution in [2.24, 2.45) is 50.2 Å². The number of aliphatic hydroxyl groups is 1. The molecule has 5 heteroatoms. The van der Waals surface area contributed by atoms with Crippen LogP contribution in [0.4, 0.5) is 0 Å². The van der Waals surface area contributed by atoms with Gasteiger partial charge in [0.2, 0.25) is 0 Å². The minimum atomic E-state index is -0.940. The van der Waals surface area contributed by atoms with Gasteiger partial charge in [-0.2, -0.15) is 0 Å². The number of carboxylic acids is 1. The second-order valence-electron chi connectivity index (χ2n) is 14.9. The molecule has 4 nitrogen and oxygen atoms in total. The van der Waals surface area contributed by atoms with Crippen LogP contribution in [-0.2, 0) is 9.59 Å². The summed E-state index contributed by atoms with van der Waals surface area (Å²) in [5.41, 5.74) is -0.0781. The van der Waals surface area contributed by atoms with Gasteiger partial charge < -0.3 is 15.0 Å². The first-order chi connectivity index (χ1) is 15.6. The zero-order chi connectivity index (χ0) is 25.1. The molecule has 2 unspecified atom stereocenters. The molecule has 190 valence electrons. The third kappa shape index (κ3) is 3.44. The average molecular weight is 493 g/mol. The Bertz CT molecular complexity index is 971. The maximum Gasteiger partial charge on any atom is 1.00 e. The molecule has 0 aromatic rings. The van der Waals surface area contributed by atoms with Crippen LogP contribution in [0.5, 0.6) is 0 Å². The summed E-state index contributed by atoms with van der Waals surface area (Å²) in [5, 5.41) is 23.0. The molecule has 9 atom stereocenters. The van der Waals surface area contributed by atoms with Gasteiger partial charge in [-0.05, 0) is 103 Å². The van der Waals surface area contributed by atoms with Crippen LogP contribution in [0.2, 0.25) is 0 Å². The molecule has 0 aromatic heterocycles. The van der Waals surface area contributed by atoms with E-state index in [4.69, 9.17) is 0 Å². The van der Waals surface area contributed by atoms with Crippen molar-refractivity contribution in [1.29, 1.82) is 0 Å². The van der Waals surface area contributed by atoms with Crippen molar-refractivity contribution < 1.29 is 49.4 Å². The van der Waals surface area contributed by atoms with Crippen molar-refractivity contribution in [3.8, 4) is 0 Å². The zero-order valence-electron chi connectivity index (χ0n) is 23.4. The van der Waals surface area contributed by atoms with E-state index in [1.807, 2.05) is 13.0 Å². The first-order valence-corrected chi connectivity index (χ1v) is 13.7. The van der Waals surface area contributed by atoms with E-state index < -0.39 is 11.4 Å². The van der Waals surface area contributed by atoms with E-state index in [0.29, 0.717) is 18.8 Å². The van der Waals surface area contributed by atoms with Crippen LogP contribution in [0, 0.1) is 50.2 Å². The molecule has 0 radical (unpaired) electrons. The average Bonchev–Trinajstić information content (AvgIpc) is 2.73. The number of carboxylic acid groups (broad SMARTS) is 1. The quantitative estimate of drug-likeness (QED) is 0.569. The summed E-state index contributed by atoms with van der Waals surface area (Å²) < 4.78 is 0. The molecule has 0 bridgehead atoms. The molecule has 35 heavy (non-hydrogen) atoms. The summed E-state index contributed by atoms with van der Waals surface area (Å²) in [5.74, 6) is -0.266. The molecule has 4 fully saturated rings. The number of fused-ring (bicyclic) bond motifs is 7. The van der Waals surface area contributed by atoms with E-state index >= 15 is 0 Å². The van der Waals surface area contributed by atoms with E-state index in [-0.39, 0.29) is 80.4 Å². The topological polar surface area (TPSA) is 77.4 Å². The Morgan fingerprint density at radius 1 is 0.943 bits per heavy atom. The second-order valence-corrected chi connectivity index (χ2v) is 14.9. The van der Waals surface area contributed by atoms with Crippen LogP contribution in [0.1, 0.15) is 106 Å². The summed E-state index contributed by atoms with van der Waals surface area (Å²) in [6, 6.07) is 0. The summed E-state index contributed by atoms with van der Waals surface area (Å²) in [6.07, 6.45) is 9.69. The molecule has 0 saturated heterocycles. The number of ketones is 1. The van der Waals surface area contributed by atoms with Crippen molar-refractivity contribution in [2.45, 2.75) is 112 Å². The fourth-order valence-corrected chi connectivity index (χ4v) is 10.4. The maximum atomic E-state index is 14.2. The summed E-state index contributed by atoms with van der Waals surface area (Å²) >= 11 is 0. The molecule has 5 rings (SSSR count). The molecule has 0 aromatic carbocycles. The van der Waals surface area contributed by atoms with Gasteiger partial charge in [-0.25, -0.2) is 0 Å². The van der Waals surface area contributed by atoms with Gasteiger partial charge in [0.1, 0.15) is 0 Å². The number of rotatable bonds is 1. The molecule has 0 aliphatic heterocycles. The third-order valence-electron chi connectivity index (χ3n) is 13.0.